The molecule has 1 N–H and O–H groups in total. The highest BCUT2D eigenvalue weighted by Gasteiger charge is 2.22. The first-order valence-corrected chi connectivity index (χ1v) is 7.47. The van der Waals surface area contributed by atoms with E-state index in [1.54, 1.807) is 12.1 Å². The Morgan fingerprint density at radius 1 is 1.33 bits per heavy atom. The average molecular weight is 352 g/mol. The van der Waals surface area contributed by atoms with Crippen molar-refractivity contribution < 1.29 is 13.9 Å². The molecule has 0 amide bonds. The predicted octanol–water partition coefficient (Wildman–Crippen LogP) is 4.01. The molecule has 5 heteroatoms. The van der Waals surface area contributed by atoms with Gasteiger partial charge in [-0.3, -0.25) is 0 Å². The van der Waals surface area contributed by atoms with Crippen molar-refractivity contribution in [1.29, 1.82) is 0 Å². The molecule has 0 radical (unpaired) electrons. The third-order valence-electron chi connectivity index (χ3n) is 3.45. The van der Waals surface area contributed by atoms with Crippen molar-refractivity contribution in [3.05, 3.63) is 52.3 Å². The van der Waals surface area contributed by atoms with E-state index in [2.05, 4.69) is 27.3 Å². The van der Waals surface area contributed by atoms with Gasteiger partial charge in [0, 0.05) is 22.6 Å². The van der Waals surface area contributed by atoms with Crippen LogP contribution in [0.2, 0.25) is 0 Å². The Hall–Kier alpha value is -1.75. The van der Waals surface area contributed by atoms with E-state index in [0.717, 1.165) is 16.6 Å². The van der Waals surface area contributed by atoms with Gasteiger partial charge in [0.2, 0.25) is 0 Å². The van der Waals surface area contributed by atoms with Gasteiger partial charge in [0.05, 0.1) is 13.7 Å². The summed E-state index contributed by atoms with van der Waals surface area (Å²) in [4.78, 5) is 0. The summed E-state index contributed by atoms with van der Waals surface area (Å²) in [5.74, 6) is 0.794. The molecule has 1 aliphatic heterocycles. The molecule has 110 valence electrons. The monoisotopic (exact) mass is 351 g/mol. The van der Waals surface area contributed by atoms with Crippen LogP contribution in [0.15, 0.2) is 40.9 Å². The Morgan fingerprint density at radius 3 is 2.95 bits per heavy atom. The fourth-order valence-electron chi connectivity index (χ4n) is 2.41. The maximum Gasteiger partial charge on any atom is 0.167 e. The summed E-state index contributed by atoms with van der Waals surface area (Å²) in [7, 11) is 1.45. The molecule has 0 saturated carbocycles. The highest BCUT2D eigenvalue weighted by Crippen LogP contribution is 2.31. The standard InChI is InChI=1S/C16H15BrFNO2/c1-20-16-5-3-12(8-14(16)18)19-9-13-7-10-6-11(17)2-4-15(10)21-13/h2-6,8,13,19H,7,9H2,1H3. The van der Waals surface area contributed by atoms with E-state index < -0.39 is 0 Å². The SMILES string of the molecule is COc1ccc(NCC2Cc3cc(Br)ccc3O2)cc1F. The lowest BCUT2D eigenvalue weighted by molar-refractivity contribution is 0.246. The molecule has 3 nitrogen and oxygen atoms in total. The number of anilines is 1. The van der Waals surface area contributed by atoms with E-state index in [9.17, 15) is 4.39 Å². The van der Waals surface area contributed by atoms with Gasteiger partial charge in [0.1, 0.15) is 11.9 Å². The van der Waals surface area contributed by atoms with Crippen LogP contribution in [0.5, 0.6) is 11.5 Å². The predicted molar refractivity (Wildman–Crippen MR) is 83.7 cm³/mol. The normalized spacial score (nSPS) is 16.2. The number of ether oxygens (including phenoxy) is 2. The lowest BCUT2D eigenvalue weighted by Crippen LogP contribution is -2.23. The van der Waals surface area contributed by atoms with E-state index in [1.807, 2.05) is 12.1 Å². The zero-order chi connectivity index (χ0) is 14.8. The Balaban J connectivity index is 1.61. The fourth-order valence-corrected chi connectivity index (χ4v) is 2.82. The van der Waals surface area contributed by atoms with E-state index >= 15 is 0 Å². The zero-order valence-corrected chi connectivity index (χ0v) is 13.1. The third kappa shape index (κ3) is 3.13. The van der Waals surface area contributed by atoms with Crippen molar-refractivity contribution in [2.75, 3.05) is 19.0 Å². The first kappa shape index (κ1) is 14.2. The van der Waals surface area contributed by atoms with Crippen LogP contribution >= 0.6 is 15.9 Å². The molecule has 21 heavy (non-hydrogen) atoms. The summed E-state index contributed by atoms with van der Waals surface area (Å²) in [6.07, 6.45) is 0.903. The molecule has 0 bridgehead atoms. The third-order valence-corrected chi connectivity index (χ3v) is 3.94. The van der Waals surface area contributed by atoms with Crippen LogP contribution in [0.1, 0.15) is 5.56 Å². The number of fused-ring (bicyclic) bond motifs is 1. The minimum atomic E-state index is -0.373. The van der Waals surface area contributed by atoms with Gasteiger partial charge in [-0.2, -0.15) is 0 Å². The molecular weight excluding hydrogens is 337 g/mol. The maximum atomic E-state index is 13.6. The fraction of sp³-hybridized carbons (Fsp3) is 0.250. The van der Waals surface area contributed by atoms with Crippen LogP contribution in [0.3, 0.4) is 0 Å². The van der Waals surface area contributed by atoms with Crippen molar-refractivity contribution >= 4 is 21.6 Å². The van der Waals surface area contributed by atoms with Crippen LogP contribution in [0.25, 0.3) is 0 Å². The van der Waals surface area contributed by atoms with E-state index in [4.69, 9.17) is 9.47 Å². The number of benzene rings is 2. The summed E-state index contributed by atoms with van der Waals surface area (Å²) >= 11 is 3.46. The van der Waals surface area contributed by atoms with Gasteiger partial charge in [0.15, 0.2) is 11.6 Å². The molecule has 1 aliphatic rings. The van der Waals surface area contributed by atoms with Crippen molar-refractivity contribution in [2.24, 2.45) is 0 Å². The molecule has 0 saturated heterocycles. The molecule has 1 atom stereocenters. The molecule has 1 heterocycles. The van der Waals surface area contributed by atoms with Gasteiger partial charge in [0.25, 0.3) is 0 Å². The molecule has 0 fully saturated rings. The topological polar surface area (TPSA) is 30.5 Å². The quantitative estimate of drug-likeness (QED) is 0.902. The molecule has 2 aromatic carbocycles. The molecule has 0 aromatic heterocycles. The highest BCUT2D eigenvalue weighted by atomic mass is 79.9. The number of hydrogen-bond donors (Lipinski definition) is 1. The van der Waals surface area contributed by atoms with Crippen molar-refractivity contribution in [3.63, 3.8) is 0 Å². The molecular formula is C16H15BrFNO2. The van der Waals surface area contributed by atoms with Gasteiger partial charge in [-0.15, -0.1) is 0 Å². The van der Waals surface area contributed by atoms with Crippen molar-refractivity contribution in [2.45, 2.75) is 12.5 Å². The Bertz CT molecular complexity index is 663. The molecule has 3 rings (SSSR count). The molecule has 1 unspecified atom stereocenters. The Kier molecular flexibility index (Phi) is 4.01. The first-order valence-electron chi connectivity index (χ1n) is 6.68. The van der Waals surface area contributed by atoms with Crippen LogP contribution in [0.4, 0.5) is 10.1 Å². The van der Waals surface area contributed by atoms with Gasteiger partial charge >= 0.3 is 0 Å². The second-order valence-corrected chi connectivity index (χ2v) is 5.84. The number of nitrogens with one attached hydrogen (secondary N) is 1. The Morgan fingerprint density at radius 2 is 2.19 bits per heavy atom. The van der Waals surface area contributed by atoms with Crippen LogP contribution < -0.4 is 14.8 Å². The van der Waals surface area contributed by atoms with Crippen LogP contribution in [0, 0.1) is 5.82 Å². The van der Waals surface area contributed by atoms with E-state index in [0.29, 0.717) is 12.2 Å². The summed E-state index contributed by atoms with van der Waals surface area (Å²) in [6, 6.07) is 10.8. The zero-order valence-electron chi connectivity index (χ0n) is 11.5. The lowest BCUT2D eigenvalue weighted by Gasteiger charge is -2.13. The largest absolute Gasteiger partial charge is 0.494 e. The first-order chi connectivity index (χ1) is 10.2. The van der Waals surface area contributed by atoms with Gasteiger partial charge in [-0.05, 0) is 35.9 Å². The summed E-state index contributed by atoms with van der Waals surface area (Å²) in [5, 5.41) is 3.20. The van der Waals surface area contributed by atoms with Gasteiger partial charge < -0.3 is 14.8 Å². The van der Waals surface area contributed by atoms with E-state index in [1.165, 1.54) is 18.7 Å². The van der Waals surface area contributed by atoms with Crippen molar-refractivity contribution in [1.82, 2.24) is 0 Å². The summed E-state index contributed by atoms with van der Waals surface area (Å²) in [6.45, 7) is 0.623. The van der Waals surface area contributed by atoms with Gasteiger partial charge in [-0.1, -0.05) is 15.9 Å². The number of halogens is 2. The number of hydrogen-bond acceptors (Lipinski definition) is 3. The second kappa shape index (κ2) is 5.93. The smallest absolute Gasteiger partial charge is 0.167 e. The Labute approximate surface area is 131 Å². The minimum absolute atomic E-state index is 0.0551. The molecule has 2 aromatic rings. The van der Waals surface area contributed by atoms with Crippen LogP contribution in [-0.4, -0.2) is 19.8 Å². The summed E-state index contributed by atoms with van der Waals surface area (Å²) in [5.41, 5.74) is 1.91. The lowest BCUT2D eigenvalue weighted by atomic mass is 10.1. The highest BCUT2D eigenvalue weighted by molar-refractivity contribution is 9.10. The van der Waals surface area contributed by atoms with Crippen molar-refractivity contribution in [3.8, 4) is 11.5 Å². The summed E-state index contributed by atoms with van der Waals surface area (Å²) < 4.78 is 25.4. The van der Waals surface area contributed by atoms with Crippen LogP contribution in [-0.2, 0) is 6.42 Å². The molecule has 0 spiro atoms. The second-order valence-electron chi connectivity index (χ2n) is 4.93. The maximum absolute atomic E-state index is 13.6. The number of rotatable bonds is 4. The molecule has 0 aliphatic carbocycles. The van der Waals surface area contributed by atoms with E-state index in [-0.39, 0.29) is 17.7 Å². The minimum Gasteiger partial charge on any atom is -0.494 e. The number of methoxy groups -OCH3 is 1. The average Bonchev–Trinajstić information content (AvgIpc) is 2.87. The van der Waals surface area contributed by atoms with Gasteiger partial charge in [-0.25, -0.2) is 4.39 Å².